The van der Waals surface area contributed by atoms with Crippen LogP contribution in [0.4, 0.5) is 0 Å². The standard InChI is InChI=1S/C25H34N2O5/c1-29-21-11-8-19(17-23(21)31-3)7-5-14-26-15-6-16-27-25(28)13-10-20-9-12-22(30-2)24(18-20)32-4/h8-13,17-18,26H,5-7,14-16H2,1-4H3,(H,27,28)/b13-10+. The topological polar surface area (TPSA) is 78.1 Å². The second-order valence-corrected chi connectivity index (χ2v) is 7.14. The maximum absolute atomic E-state index is 12.0. The molecule has 7 heteroatoms. The summed E-state index contributed by atoms with van der Waals surface area (Å²) in [6.07, 6.45) is 6.13. The Kier molecular flexibility index (Phi) is 11.0. The Morgan fingerprint density at radius 2 is 1.41 bits per heavy atom. The van der Waals surface area contributed by atoms with E-state index in [9.17, 15) is 4.79 Å². The summed E-state index contributed by atoms with van der Waals surface area (Å²) in [6, 6.07) is 11.5. The van der Waals surface area contributed by atoms with Crippen molar-refractivity contribution in [3.05, 3.63) is 53.6 Å². The third kappa shape index (κ3) is 8.15. The van der Waals surface area contributed by atoms with Gasteiger partial charge in [0.15, 0.2) is 23.0 Å². The summed E-state index contributed by atoms with van der Waals surface area (Å²) in [6.45, 7) is 2.39. The van der Waals surface area contributed by atoms with Crippen molar-refractivity contribution in [1.82, 2.24) is 10.6 Å². The van der Waals surface area contributed by atoms with Gasteiger partial charge in [0.25, 0.3) is 0 Å². The summed E-state index contributed by atoms with van der Waals surface area (Å²) >= 11 is 0. The molecular formula is C25H34N2O5. The van der Waals surface area contributed by atoms with Gasteiger partial charge in [0, 0.05) is 12.6 Å². The number of carbonyl (C=O) groups is 1. The lowest BCUT2D eigenvalue weighted by atomic mass is 10.1. The number of hydrogen-bond donors (Lipinski definition) is 2. The maximum atomic E-state index is 12.0. The largest absolute Gasteiger partial charge is 0.493 e. The van der Waals surface area contributed by atoms with Crippen LogP contribution in [0.1, 0.15) is 24.0 Å². The Morgan fingerprint density at radius 1 is 0.781 bits per heavy atom. The zero-order chi connectivity index (χ0) is 23.2. The predicted octanol–water partition coefficient (Wildman–Crippen LogP) is 3.46. The smallest absolute Gasteiger partial charge is 0.243 e. The fourth-order valence-electron chi connectivity index (χ4n) is 3.19. The van der Waals surface area contributed by atoms with Gasteiger partial charge in [0.2, 0.25) is 5.91 Å². The zero-order valence-electron chi connectivity index (χ0n) is 19.4. The molecule has 0 radical (unpaired) electrons. The number of amides is 1. The molecule has 0 unspecified atom stereocenters. The van der Waals surface area contributed by atoms with E-state index >= 15 is 0 Å². The first-order valence-corrected chi connectivity index (χ1v) is 10.7. The van der Waals surface area contributed by atoms with Crippen molar-refractivity contribution in [2.75, 3.05) is 48.1 Å². The summed E-state index contributed by atoms with van der Waals surface area (Å²) in [7, 11) is 6.46. The van der Waals surface area contributed by atoms with Crippen LogP contribution in [0.3, 0.4) is 0 Å². The number of carbonyl (C=O) groups excluding carboxylic acids is 1. The van der Waals surface area contributed by atoms with Gasteiger partial charge in [0.05, 0.1) is 28.4 Å². The van der Waals surface area contributed by atoms with Crippen molar-refractivity contribution in [3.8, 4) is 23.0 Å². The number of aryl methyl sites for hydroxylation is 1. The molecule has 0 aliphatic rings. The van der Waals surface area contributed by atoms with Crippen LogP contribution in [-0.2, 0) is 11.2 Å². The lowest BCUT2D eigenvalue weighted by molar-refractivity contribution is -0.116. The van der Waals surface area contributed by atoms with Gasteiger partial charge in [-0.05, 0) is 73.8 Å². The highest BCUT2D eigenvalue weighted by Gasteiger charge is 2.05. The van der Waals surface area contributed by atoms with E-state index in [4.69, 9.17) is 18.9 Å². The van der Waals surface area contributed by atoms with E-state index in [0.29, 0.717) is 18.0 Å². The van der Waals surface area contributed by atoms with Crippen LogP contribution in [0.2, 0.25) is 0 Å². The summed E-state index contributed by atoms with van der Waals surface area (Å²) in [4.78, 5) is 12.0. The molecule has 2 aromatic rings. The van der Waals surface area contributed by atoms with Crippen molar-refractivity contribution in [1.29, 1.82) is 0 Å². The highest BCUT2D eigenvalue weighted by Crippen LogP contribution is 2.28. The van der Waals surface area contributed by atoms with Crippen molar-refractivity contribution in [2.45, 2.75) is 19.3 Å². The van der Waals surface area contributed by atoms with E-state index in [1.165, 1.54) is 11.6 Å². The van der Waals surface area contributed by atoms with Gasteiger partial charge in [-0.25, -0.2) is 0 Å². The zero-order valence-corrected chi connectivity index (χ0v) is 19.4. The molecule has 2 rings (SSSR count). The number of ether oxygens (including phenoxy) is 4. The van der Waals surface area contributed by atoms with Gasteiger partial charge in [-0.15, -0.1) is 0 Å². The molecule has 0 saturated heterocycles. The average Bonchev–Trinajstić information content (AvgIpc) is 2.83. The number of rotatable bonds is 14. The number of benzene rings is 2. The summed E-state index contributed by atoms with van der Waals surface area (Å²) < 4.78 is 21.1. The van der Waals surface area contributed by atoms with Gasteiger partial charge in [-0.3, -0.25) is 4.79 Å². The van der Waals surface area contributed by atoms with Crippen LogP contribution in [0.25, 0.3) is 6.08 Å². The maximum Gasteiger partial charge on any atom is 0.243 e. The highest BCUT2D eigenvalue weighted by molar-refractivity contribution is 5.91. The van der Waals surface area contributed by atoms with Crippen LogP contribution in [-0.4, -0.2) is 54.0 Å². The monoisotopic (exact) mass is 442 g/mol. The van der Waals surface area contributed by atoms with E-state index in [2.05, 4.69) is 16.7 Å². The summed E-state index contributed by atoms with van der Waals surface area (Å²) in [5, 5.41) is 6.31. The molecule has 32 heavy (non-hydrogen) atoms. The molecule has 0 aliphatic heterocycles. The first-order valence-electron chi connectivity index (χ1n) is 10.7. The molecule has 0 saturated carbocycles. The lowest BCUT2D eigenvalue weighted by Crippen LogP contribution is -2.26. The molecule has 174 valence electrons. The van der Waals surface area contributed by atoms with Crippen LogP contribution in [0.15, 0.2) is 42.5 Å². The minimum Gasteiger partial charge on any atom is -0.493 e. The van der Waals surface area contributed by atoms with Crippen molar-refractivity contribution in [3.63, 3.8) is 0 Å². The van der Waals surface area contributed by atoms with Gasteiger partial charge < -0.3 is 29.6 Å². The molecule has 2 N–H and O–H groups in total. The van der Waals surface area contributed by atoms with Crippen molar-refractivity contribution < 1.29 is 23.7 Å². The second-order valence-electron chi connectivity index (χ2n) is 7.14. The minimum atomic E-state index is -0.117. The Morgan fingerprint density at radius 3 is 2.09 bits per heavy atom. The van der Waals surface area contributed by atoms with E-state index < -0.39 is 0 Å². The molecule has 0 fully saturated rings. The minimum absolute atomic E-state index is 0.117. The molecule has 0 heterocycles. The molecular weight excluding hydrogens is 408 g/mol. The normalized spacial score (nSPS) is 10.8. The van der Waals surface area contributed by atoms with Gasteiger partial charge >= 0.3 is 0 Å². The Balaban J connectivity index is 1.59. The van der Waals surface area contributed by atoms with E-state index in [1.54, 1.807) is 34.5 Å². The number of hydrogen-bond acceptors (Lipinski definition) is 6. The highest BCUT2D eigenvalue weighted by atomic mass is 16.5. The predicted molar refractivity (Wildman–Crippen MR) is 127 cm³/mol. The van der Waals surface area contributed by atoms with Crippen molar-refractivity contribution in [2.24, 2.45) is 0 Å². The Labute approximate surface area is 190 Å². The summed E-state index contributed by atoms with van der Waals surface area (Å²) in [5.41, 5.74) is 2.09. The Hall–Kier alpha value is -3.19. The van der Waals surface area contributed by atoms with Crippen LogP contribution >= 0.6 is 0 Å². The third-order valence-electron chi connectivity index (χ3n) is 4.93. The van der Waals surface area contributed by atoms with Crippen LogP contribution in [0.5, 0.6) is 23.0 Å². The Bertz CT molecular complexity index is 883. The van der Waals surface area contributed by atoms with E-state index in [1.807, 2.05) is 30.3 Å². The molecule has 0 spiro atoms. The first kappa shape index (κ1) is 25.1. The SMILES string of the molecule is COc1ccc(/C=C/C(=O)NCCCNCCCc2ccc(OC)c(OC)c2)cc1OC. The third-order valence-corrected chi connectivity index (χ3v) is 4.93. The molecule has 1 amide bonds. The fraction of sp³-hybridized carbons (Fsp3) is 0.400. The van der Waals surface area contributed by atoms with E-state index in [0.717, 1.165) is 49.4 Å². The number of methoxy groups -OCH3 is 4. The molecule has 2 aromatic carbocycles. The number of nitrogens with one attached hydrogen (secondary N) is 2. The van der Waals surface area contributed by atoms with Crippen molar-refractivity contribution >= 4 is 12.0 Å². The molecule has 0 atom stereocenters. The quantitative estimate of drug-likeness (QED) is 0.345. The van der Waals surface area contributed by atoms with Gasteiger partial charge in [0.1, 0.15) is 0 Å². The van der Waals surface area contributed by atoms with E-state index in [-0.39, 0.29) is 5.91 Å². The average molecular weight is 443 g/mol. The van der Waals surface area contributed by atoms with Gasteiger partial charge in [-0.1, -0.05) is 12.1 Å². The summed E-state index contributed by atoms with van der Waals surface area (Å²) in [5.74, 6) is 2.68. The molecule has 0 aromatic heterocycles. The molecule has 0 bridgehead atoms. The first-order chi connectivity index (χ1) is 15.6. The van der Waals surface area contributed by atoms with Crippen LogP contribution < -0.4 is 29.6 Å². The fourth-order valence-corrected chi connectivity index (χ4v) is 3.19. The second kappa shape index (κ2) is 14.0. The molecule has 0 aliphatic carbocycles. The lowest BCUT2D eigenvalue weighted by Gasteiger charge is -2.10. The van der Waals surface area contributed by atoms with Crippen LogP contribution in [0, 0.1) is 0 Å². The molecule has 7 nitrogen and oxygen atoms in total. The van der Waals surface area contributed by atoms with Gasteiger partial charge in [-0.2, -0.15) is 0 Å².